The highest BCUT2D eigenvalue weighted by molar-refractivity contribution is 5.24. The molecule has 1 aromatic carbocycles. The van der Waals surface area contributed by atoms with Gasteiger partial charge in [0, 0.05) is 0 Å². The molecular weight excluding hydrogens is 196 g/mol. The van der Waals surface area contributed by atoms with Gasteiger partial charge >= 0.3 is 0 Å². The molecule has 16 heavy (non-hydrogen) atoms. The van der Waals surface area contributed by atoms with Crippen LogP contribution in [-0.4, -0.2) is 10.7 Å². The van der Waals surface area contributed by atoms with Gasteiger partial charge in [0.05, 0.1) is 5.60 Å². The molecule has 88 valence electrons. The molecule has 0 aromatic heterocycles. The first-order valence-electron chi connectivity index (χ1n) is 5.85. The molecule has 1 nitrogen and oxygen atoms in total. The molecule has 0 heterocycles. The van der Waals surface area contributed by atoms with Crippen LogP contribution in [0.5, 0.6) is 0 Å². The third-order valence-electron chi connectivity index (χ3n) is 2.66. The summed E-state index contributed by atoms with van der Waals surface area (Å²) in [6, 6.07) is 8.65. The minimum absolute atomic E-state index is 0.499. The number of hydrogen-bond acceptors (Lipinski definition) is 1. The number of rotatable bonds is 4. The van der Waals surface area contributed by atoms with E-state index in [2.05, 4.69) is 44.2 Å². The van der Waals surface area contributed by atoms with Gasteiger partial charge in [-0.1, -0.05) is 48.9 Å². The number of aliphatic hydroxyl groups is 1. The van der Waals surface area contributed by atoms with Gasteiger partial charge in [-0.2, -0.15) is 0 Å². The fourth-order valence-corrected chi connectivity index (χ4v) is 1.59. The fourth-order valence-electron chi connectivity index (χ4n) is 1.59. The zero-order valence-electron chi connectivity index (χ0n) is 10.7. The Bertz CT molecular complexity index is 341. The lowest BCUT2D eigenvalue weighted by atomic mass is 9.96. The summed E-state index contributed by atoms with van der Waals surface area (Å²) in [6.07, 6.45) is 4.88. The van der Waals surface area contributed by atoms with Crippen LogP contribution in [0.4, 0.5) is 0 Å². The summed E-state index contributed by atoms with van der Waals surface area (Å²) in [5.41, 5.74) is 1.95. The number of hydrogen-bond donors (Lipinski definition) is 1. The Kier molecular flexibility index (Phi) is 4.31. The molecule has 1 unspecified atom stereocenters. The summed E-state index contributed by atoms with van der Waals surface area (Å²) >= 11 is 0. The van der Waals surface area contributed by atoms with Crippen molar-refractivity contribution in [3.05, 3.63) is 47.5 Å². The summed E-state index contributed by atoms with van der Waals surface area (Å²) in [5.74, 6) is 0.499. The molecule has 0 radical (unpaired) electrons. The molecule has 0 aliphatic rings. The van der Waals surface area contributed by atoms with E-state index in [1.54, 1.807) is 13.8 Å². The van der Waals surface area contributed by atoms with Crippen molar-refractivity contribution < 1.29 is 5.11 Å². The average Bonchev–Trinajstić information content (AvgIpc) is 2.16. The van der Waals surface area contributed by atoms with Gasteiger partial charge in [-0.05, 0) is 38.7 Å². The van der Waals surface area contributed by atoms with Crippen molar-refractivity contribution in [3.63, 3.8) is 0 Å². The van der Waals surface area contributed by atoms with Gasteiger partial charge < -0.3 is 5.11 Å². The molecule has 0 spiro atoms. The van der Waals surface area contributed by atoms with E-state index in [0.29, 0.717) is 5.92 Å². The smallest absolute Gasteiger partial charge is 0.0771 e. The van der Waals surface area contributed by atoms with Crippen LogP contribution < -0.4 is 0 Å². The second-order valence-electron chi connectivity index (χ2n) is 5.10. The molecule has 1 aromatic rings. The molecule has 0 aliphatic heterocycles. The summed E-state index contributed by atoms with van der Waals surface area (Å²) in [5, 5.41) is 9.55. The van der Waals surface area contributed by atoms with Crippen molar-refractivity contribution in [1.29, 1.82) is 0 Å². The minimum Gasteiger partial charge on any atom is -0.386 e. The summed E-state index contributed by atoms with van der Waals surface area (Å²) in [7, 11) is 0. The minimum atomic E-state index is -0.701. The topological polar surface area (TPSA) is 20.2 Å². The van der Waals surface area contributed by atoms with E-state index in [1.807, 2.05) is 6.08 Å². The molecule has 1 N–H and O–H groups in total. The predicted octanol–water partition coefficient (Wildman–Crippen LogP) is 3.82. The molecule has 1 atom stereocenters. The van der Waals surface area contributed by atoms with Crippen LogP contribution in [-0.2, 0) is 0 Å². The van der Waals surface area contributed by atoms with Gasteiger partial charge in [0.2, 0.25) is 0 Å². The molecule has 1 heteroatoms. The Balaban J connectivity index is 2.56. The van der Waals surface area contributed by atoms with Gasteiger partial charge in [0.1, 0.15) is 0 Å². The van der Waals surface area contributed by atoms with Crippen molar-refractivity contribution >= 4 is 0 Å². The van der Waals surface area contributed by atoms with Crippen molar-refractivity contribution in [1.82, 2.24) is 0 Å². The zero-order valence-corrected chi connectivity index (χ0v) is 10.7. The Morgan fingerprint density at radius 1 is 1.25 bits per heavy atom. The lowest BCUT2D eigenvalue weighted by Crippen LogP contribution is -2.13. The van der Waals surface area contributed by atoms with E-state index in [-0.39, 0.29) is 0 Å². The maximum atomic E-state index is 9.55. The number of allylic oxidation sites excluding steroid dienone is 1. The molecule has 0 saturated carbocycles. The van der Waals surface area contributed by atoms with E-state index >= 15 is 0 Å². The van der Waals surface area contributed by atoms with Gasteiger partial charge in [-0.25, -0.2) is 0 Å². The van der Waals surface area contributed by atoms with Crippen LogP contribution in [0.25, 0.3) is 0 Å². The Morgan fingerprint density at radius 3 is 2.31 bits per heavy atom. The molecule has 1 rings (SSSR count). The first-order chi connectivity index (χ1) is 7.38. The van der Waals surface area contributed by atoms with E-state index in [1.165, 1.54) is 11.1 Å². The van der Waals surface area contributed by atoms with Crippen LogP contribution in [0, 0.1) is 6.92 Å². The monoisotopic (exact) mass is 218 g/mol. The van der Waals surface area contributed by atoms with Crippen LogP contribution in [0.15, 0.2) is 36.4 Å². The van der Waals surface area contributed by atoms with Crippen LogP contribution >= 0.6 is 0 Å². The third kappa shape index (κ3) is 4.63. The Morgan fingerprint density at radius 2 is 1.81 bits per heavy atom. The van der Waals surface area contributed by atoms with Crippen molar-refractivity contribution in [2.45, 2.75) is 45.6 Å². The number of benzene rings is 1. The number of aryl methyl sites for hydroxylation is 1. The molecule has 0 bridgehead atoms. The SMILES string of the molecule is Cc1ccc(C(C)CC=CC(C)(C)O)cc1. The van der Waals surface area contributed by atoms with Gasteiger partial charge in [0.15, 0.2) is 0 Å². The Labute approximate surface area is 98.8 Å². The van der Waals surface area contributed by atoms with E-state index < -0.39 is 5.60 Å². The van der Waals surface area contributed by atoms with Crippen LogP contribution in [0.2, 0.25) is 0 Å². The van der Waals surface area contributed by atoms with Gasteiger partial charge in [0.25, 0.3) is 0 Å². The van der Waals surface area contributed by atoms with E-state index in [0.717, 1.165) is 6.42 Å². The predicted molar refractivity (Wildman–Crippen MR) is 69.6 cm³/mol. The largest absolute Gasteiger partial charge is 0.386 e. The first-order valence-corrected chi connectivity index (χ1v) is 5.85. The van der Waals surface area contributed by atoms with Gasteiger partial charge in [-0.15, -0.1) is 0 Å². The highest BCUT2D eigenvalue weighted by Crippen LogP contribution is 2.20. The normalized spacial score (nSPS) is 14.3. The lowest BCUT2D eigenvalue weighted by Gasteiger charge is -2.12. The molecule has 0 saturated heterocycles. The zero-order chi connectivity index (χ0) is 12.2. The second kappa shape index (κ2) is 5.31. The van der Waals surface area contributed by atoms with Crippen molar-refractivity contribution in [2.75, 3.05) is 0 Å². The molecule has 0 amide bonds. The summed E-state index contributed by atoms with van der Waals surface area (Å²) in [6.45, 7) is 7.89. The molecule has 0 fully saturated rings. The summed E-state index contributed by atoms with van der Waals surface area (Å²) in [4.78, 5) is 0. The highest BCUT2D eigenvalue weighted by atomic mass is 16.3. The lowest BCUT2D eigenvalue weighted by molar-refractivity contribution is 0.133. The maximum absolute atomic E-state index is 9.55. The standard InChI is InChI=1S/C15H22O/c1-12-7-9-14(10-8-12)13(2)6-5-11-15(3,4)16/h5,7-11,13,16H,6H2,1-4H3. The third-order valence-corrected chi connectivity index (χ3v) is 2.66. The molecular formula is C15H22O. The summed E-state index contributed by atoms with van der Waals surface area (Å²) < 4.78 is 0. The second-order valence-corrected chi connectivity index (χ2v) is 5.10. The van der Waals surface area contributed by atoms with Gasteiger partial charge in [-0.3, -0.25) is 0 Å². The maximum Gasteiger partial charge on any atom is 0.0771 e. The highest BCUT2D eigenvalue weighted by Gasteiger charge is 2.07. The molecule has 0 aliphatic carbocycles. The van der Waals surface area contributed by atoms with Crippen LogP contribution in [0.3, 0.4) is 0 Å². The Hall–Kier alpha value is -1.08. The van der Waals surface area contributed by atoms with E-state index in [9.17, 15) is 5.11 Å². The average molecular weight is 218 g/mol. The van der Waals surface area contributed by atoms with Crippen molar-refractivity contribution in [3.8, 4) is 0 Å². The first kappa shape index (κ1) is 13.0. The van der Waals surface area contributed by atoms with E-state index in [4.69, 9.17) is 0 Å². The van der Waals surface area contributed by atoms with Crippen LogP contribution in [0.1, 0.15) is 44.2 Å². The fraction of sp³-hybridized carbons (Fsp3) is 0.467. The van der Waals surface area contributed by atoms with Crippen molar-refractivity contribution in [2.24, 2.45) is 0 Å². The quantitative estimate of drug-likeness (QED) is 0.762.